The van der Waals surface area contributed by atoms with Gasteiger partial charge in [0.2, 0.25) is 0 Å². The molecule has 1 aliphatic heterocycles. The Balaban J connectivity index is 2.40. The normalized spacial score (nSPS) is 26.9. The molecule has 0 aliphatic carbocycles. The van der Waals surface area contributed by atoms with Crippen molar-refractivity contribution in [2.75, 3.05) is 13.2 Å². The summed E-state index contributed by atoms with van der Waals surface area (Å²) >= 11 is 0. The third kappa shape index (κ3) is 1.69. The van der Waals surface area contributed by atoms with E-state index >= 15 is 0 Å². The van der Waals surface area contributed by atoms with Crippen LogP contribution in [0.25, 0.3) is 0 Å². The van der Waals surface area contributed by atoms with Crippen LogP contribution in [0.15, 0.2) is 11.8 Å². The minimum atomic E-state index is -0.389. The zero-order chi connectivity index (χ0) is 6.69. The predicted molar refractivity (Wildman–Crippen MR) is 31.7 cm³/mol. The number of rotatable bonds is 1. The first-order valence-corrected chi connectivity index (χ1v) is 2.93. The lowest BCUT2D eigenvalue weighted by atomic mass is 10.2. The van der Waals surface area contributed by atoms with Crippen molar-refractivity contribution in [2.24, 2.45) is 0 Å². The lowest BCUT2D eigenvalue weighted by Crippen LogP contribution is -2.19. The fraction of sp³-hybridized carbons (Fsp3) is 0.667. The smallest absolute Gasteiger partial charge is 0.118 e. The molecule has 0 saturated heterocycles. The lowest BCUT2D eigenvalue weighted by molar-refractivity contribution is 0.0449. The second-order valence-electron chi connectivity index (χ2n) is 2.03. The molecule has 0 bridgehead atoms. The molecule has 3 nitrogen and oxygen atoms in total. The Bertz CT molecular complexity index is 119. The van der Waals surface area contributed by atoms with Gasteiger partial charge in [-0.2, -0.15) is 0 Å². The molecule has 1 heterocycles. The van der Waals surface area contributed by atoms with E-state index in [-0.39, 0.29) is 12.7 Å². The van der Waals surface area contributed by atoms with Crippen LogP contribution in [0.2, 0.25) is 0 Å². The van der Waals surface area contributed by atoms with Crippen LogP contribution in [-0.2, 0) is 4.74 Å². The maximum Gasteiger partial charge on any atom is 0.118 e. The fourth-order valence-electron chi connectivity index (χ4n) is 0.708. The maximum atomic E-state index is 8.87. The third-order valence-corrected chi connectivity index (χ3v) is 1.23. The van der Waals surface area contributed by atoms with Gasteiger partial charge in [-0.05, 0) is 12.5 Å². The van der Waals surface area contributed by atoms with Crippen molar-refractivity contribution in [2.45, 2.75) is 12.5 Å². The van der Waals surface area contributed by atoms with E-state index < -0.39 is 0 Å². The van der Waals surface area contributed by atoms with Gasteiger partial charge in [-0.15, -0.1) is 0 Å². The molecule has 2 N–H and O–H groups in total. The molecular weight excluding hydrogens is 120 g/mol. The van der Waals surface area contributed by atoms with Crippen molar-refractivity contribution in [3.8, 4) is 0 Å². The second-order valence-corrected chi connectivity index (χ2v) is 2.03. The summed E-state index contributed by atoms with van der Waals surface area (Å²) in [4.78, 5) is 0. The van der Waals surface area contributed by atoms with E-state index in [1.54, 1.807) is 6.08 Å². The number of ether oxygens (including phenoxy) is 1. The Kier molecular flexibility index (Phi) is 2.08. The van der Waals surface area contributed by atoms with E-state index in [9.17, 15) is 0 Å². The predicted octanol–water partition coefficient (Wildman–Crippen LogP) is -0.356. The second kappa shape index (κ2) is 2.85. The lowest BCUT2D eigenvalue weighted by Gasteiger charge is -2.17. The molecule has 0 radical (unpaired) electrons. The summed E-state index contributed by atoms with van der Waals surface area (Å²) in [6.45, 7) is 0.249. The summed E-state index contributed by atoms with van der Waals surface area (Å²) in [5.74, 6) is 0.570. The van der Waals surface area contributed by atoms with E-state index in [1.165, 1.54) is 0 Å². The van der Waals surface area contributed by atoms with Crippen LogP contribution in [0.5, 0.6) is 0 Å². The quantitative estimate of drug-likeness (QED) is 0.509. The van der Waals surface area contributed by atoms with Crippen LogP contribution in [0.1, 0.15) is 6.42 Å². The van der Waals surface area contributed by atoms with Gasteiger partial charge in [0.05, 0.1) is 6.10 Å². The van der Waals surface area contributed by atoms with Gasteiger partial charge in [-0.3, -0.25) is 0 Å². The molecule has 0 aromatic heterocycles. The summed E-state index contributed by atoms with van der Waals surface area (Å²) < 4.78 is 4.90. The van der Waals surface area contributed by atoms with Crippen molar-refractivity contribution in [3.63, 3.8) is 0 Å². The van der Waals surface area contributed by atoms with Crippen molar-refractivity contribution in [1.82, 2.24) is 0 Å². The molecule has 0 saturated carbocycles. The molecule has 0 aromatic rings. The Morgan fingerprint density at radius 1 is 1.78 bits per heavy atom. The molecule has 0 spiro atoms. The monoisotopic (exact) mass is 130 g/mol. The van der Waals surface area contributed by atoms with Crippen LogP contribution < -0.4 is 0 Å². The zero-order valence-corrected chi connectivity index (χ0v) is 5.08. The highest BCUT2D eigenvalue weighted by atomic mass is 16.5. The number of hydrogen-bond acceptors (Lipinski definition) is 3. The van der Waals surface area contributed by atoms with Gasteiger partial charge in [0.1, 0.15) is 19.0 Å². The van der Waals surface area contributed by atoms with Crippen molar-refractivity contribution < 1.29 is 14.9 Å². The van der Waals surface area contributed by atoms with Crippen LogP contribution >= 0.6 is 0 Å². The highest BCUT2D eigenvalue weighted by Crippen LogP contribution is 2.08. The molecule has 1 atom stereocenters. The number of aliphatic hydroxyl groups excluding tert-OH is 2. The van der Waals surface area contributed by atoms with Crippen molar-refractivity contribution in [1.29, 1.82) is 0 Å². The van der Waals surface area contributed by atoms with Gasteiger partial charge in [0, 0.05) is 0 Å². The topological polar surface area (TPSA) is 49.7 Å². The van der Waals surface area contributed by atoms with Gasteiger partial charge in [0.25, 0.3) is 0 Å². The SMILES string of the molecule is OCC1=CCC(O)CO1. The molecule has 0 amide bonds. The molecule has 52 valence electrons. The largest absolute Gasteiger partial charge is 0.493 e. The molecule has 1 aliphatic rings. The van der Waals surface area contributed by atoms with Crippen LogP contribution in [0.3, 0.4) is 0 Å². The van der Waals surface area contributed by atoms with Gasteiger partial charge in [0.15, 0.2) is 0 Å². The van der Waals surface area contributed by atoms with E-state index in [1.807, 2.05) is 0 Å². The Hall–Kier alpha value is -0.540. The van der Waals surface area contributed by atoms with Gasteiger partial charge in [-0.1, -0.05) is 0 Å². The minimum Gasteiger partial charge on any atom is -0.493 e. The highest BCUT2D eigenvalue weighted by molar-refractivity contribution is 4.97. The average Bonchev–Trinajstić information content (AvgIpc) is 1.90. The first kappa shape index (κ1) is 6.58. The molecule has 1 rings (SSSR count). The summed E-state index contributed by atoms with van der Waals surface area (Å²) in [6.07, 6.45) is 1.91. The molecule has 1 unspecified atom stereocenters. The standard InChI is InChI=1S/C6H10O3/c7-3-6-2-1-5(8)4-9-6/h2,5,7-8H,1,3-4H2. The average molecular weight is 130 g/mol. The fourth-order valence-corrected chi connectivity index (χ4v) is 0.708. The molecule has 0 aromatic carbocycles. The van der Waals surface area contributed by atoms with Crippen LogP contribution in [0, 0.1) is 0 Å². The highest BCUT2D eigenvalue weighted by Gasteiger charge is 2.10. The summed E-state index contributed by atoms with van der Waals surface area (Å²) in [5.41, 5.74) is 0. The summed E-state index contributed by atoms with van der Waals surface area (Å²) in [6, 6.07) is 0. The Morgan fingerprint density at radius 2 is 2.56 bits per heavy atom. The van der Waals surface area contributed by atoms with Crippen molar-refractivity contribution >= 4 is 0 Å². The molecule has 3 heteroatoms. The van der Waals surface area contributed by atoms with Crippen LogP contribution in [0.4, 0.5) is 0 Å². The summed E-state index contributed by atoms with van der Waals surface area (Å²) in [7, 11) is 0. The molecule has 9 heavy (non-hydrogen) atoms. The first-order valence-electron chi connectivity index (χ1n) is 2.93. The molecule has 0 fully saturated rings. The van der Waals surface area contributed by atoms with Crippen LogP contribution in [-0.4, -0.2) is 29.5 Å². The first-order chi connectivity index (χ1) is 4.33. The summed E-state index contributed by atoms with van der Waals surface area (Å²) in [5, 5.41) is 17.4. The van der Waals surface area contributed by atoms with E-state index in [0.29, 0.717) is 18.8 Å². The Labute approximate surface area is 53.6 Å². The zero-order valence-electron chi connectivity index (χ0n) is 5.08. The van der Waals surface area contributed by atoms with E-state index in [4.69, 9.17) is 14.9 Å². The third-order valence-electron chi connectivity index (χ3n) is 1.23. The van der Waals surface area contributed by atoms with Gasteiger partial charge >= 0.3 is 0 Å². The Morgan fingerprint density at radius 3 is 3.00 bits per heavy atom. The van der Waals surface area contributed by atoms with Gasteiger partial charge in [-0.25, -0.2) is 0 Å². The number of hydrogen-bond donors (Lipinski definition) is 2. The molecular formula is C6H10O3. The van der Waals surface area contributed by atoms with Crippen molar-refractivity contribution in [3.05, 3.63) is 11.8 Å². The van der Waals surface area contributed by atoms with Gasteiger partial charge < -0.3 is 14.9 Å². The minimum absolute atomic E-state index is 0.0628. The number of aliphatic hydroxyl groups is 2. The van der Waals surface area contributed by atoms with E-state index in [2.05, 4.69) is 0 Å². The maximum absolute atomic E-state index is 8.87. The van der Waals surface area contributed by atoms with E-state index in [0.717, 1.165) is 0 Å².